The van der Waals surface area contributed by atoms with Crippen LogP contribution in [0, 0.1) is 6.92 Å². The molecular weight excluding hydrogens is 502 g/mol. The number of H-pyrrole nitrogens is 1. The Kier molecular flexibility index (Phi) is 7.76. The summed E-state index contributed by atoms with van der Waals surface area (Å²) < 4.78 is 17.2. The van der Waals surface area contributed by atoms with E-state index in [0.717, 1.165) is 32.6 Å². The van der Waals surface area contributed by atoms with Gasteiger partial charge in [-0.3, -0.25) is 4.79 Å². The summed E-state index contributed by atoms with van der Waals surface area (Å²) in [5.74, 6) is -0.186. The van der Waals surface area contributed by atoms with Gasteiger partial charge in [-0.25, -0.2) is 14.6 Å². The first-order valence-corrected chi connectivity index (χ1v) is 12.6. The van der Waals surface area contributed by atoms with Gasteiger partial charge in [0.1, 0.15) is 12.4 Å². The van der Waals surface area contributed by atoms with Crippen LogP contribution >= 0.6 is 0 Å². The van der Waals surface area contributed by atoms with Crippen LogP contribution in [-0.2, 0) is 17.9 Å². The van der Waals surface area contributed by atoms with E-state index in [1.54, 1.807) is 29.2 Å². The van der Waals surface area contributed by atoms with Crippen molar-refractivity contribution in [3.8, 4) is 16.9 Å². The Morgan fingerprint density at radius 1 is 1.08 bits per heavy atom. The lowest BCUT2D eigenvalue weighted by Gasteiger charge is -2.32. The third kappa shape index (κ3) is 6.19. The maximum atomic E-state index is 13.0. The first kappa shape index (κ1) is 26.2. The minimum absolute atomic E-state index is 0.0655. The molecule has 1 amide bonds. The largest absolute Gasteiger partial charge is 0.489 e. The van der Waals surface area contributed by atoms with Crippen molar-refractivity contribution in [3.63, 3.8) is 0 Å². The fraction of sp³-hybridized carbons (Fsp3) is 0.276. The van der Waals surface area contributed by atoms with E-state index in [2.05, 4.69) is 11.1 Å². The lowest BCUT2D eigenvalue weighted by Crippen LogP contribution is -2.46. The number of carbonyl (C=O) groups excluding carboxylic acids is 1. The second kappa shape index (κ2) is 11.5. The van der Waals surface area contributed by atoms with E-state index in [1.165, 1.54) is 0 Å². The van der Waals surface area contributed by atoms with E-state index in [1.807, 2.05) is 43.3 Å². The highest BCUT2D eigenvalue weighted by Crippen LogP contribution is 2.26. The Morgan fingerprint density at radius 2 is 1.90 bits per heavy atom. The highest BCUT2D eigenvalue weighted by Gasteiger charge is 2.24. The fourth-order valence-electron chi connectivity index (χ4n) is 4.59. The first-order valence-electron chi connectivity index (χ1n) is 12.6. The molecule has 0 aliphatic carbocycles. The molecule has 1 aromatic heterocycles. The Hall–Kier alpha value is -4.41. The maximum absolute atomic E-state index is 13.0. The third-order valence-corrected chi connectivity index (χ3v) is 6.62. The predicted molar refractivity (Wildman–Crippen MR) is 143 cm³/mol. The fourth-order valence-corrected chi connectivity index (χ4v) is 4.59. The molecule has 5 rings (SSSR count). The number of ether oxygens (including phenoxy) is 2. The molecule has 39 heavy (non-hydrogen) atoms. The van der Waals surface area contributed by atoms with Crippen LogP contribution in [0.15, 0.2) is 80.8 Å². The van der Waals surface area contributed by atoms with Gasteiger partial charge >= 0.3 is 11.4 Å². The molecule has 4 aromatic rings. The van der Waals surface area contributed by atoms with Crippen LogP contribution in [0.4, 0.5) is 0 Å². The molecule has 0 bridgehead atoms. The number of carbonyl (C=O) groups is 1. The van der Waals surface area contributed by atoms with Crippen LogP contribution in [0.3, 0.4) is 0 Å². The van der Waals surface area contributed by atoms with Crippen LogP contribution in [0.2, 0.25) is 0 Å². The minimum Gasteiger partial charge on any atom is -0.489 e. The smallest absolute Gasteiger partial charge is 0.440 e. The summed E-state index contributed by atoms with van der Waals surface area (Å²) in [5, 5.41) is 9.37. The summed E-state index contributed by atoms with van der Waals surface area (Å²) in [7, 11) is 0. The maximum Gasteiger partial charge on any atom is 0.440 e. The number of benzene rings is 3. The zero-order valence-corrected chi connectivity index (χ0v) is 21.5. The number of aliphatic hydroxyl groups is 1. The topological polar surface area (TPSA) is 127 Å². The van der Waals surface area contributed by atoms with Gasteiger partial charge in [0.15, 0.2) is 0 Å². The van der Waals surface area contributed by atoms with Crippen molar-refractivity contribution in [3.05, 3.63) is 110 Å². The molecule has 0 saturated carbocycles. The number of aryl methyl sites for hydroxylation is 1. The number of nitrogens with zero attached hydrogens (tertiary/aromatic N) is 2. The van der Waals surface area contributed by atoms with Gasteiger partial charge in [0, 0.05) is 18.7 Å². The monoisotopic (exact) mass is 531 g/mol. The van der Waals surface area contributed by atoms with Gasteiger partial charge < -0.3 is 24.0 Å². The van der Waals surface area contributed by atoms with Crippen molar-refractivity contribution in [2.45, 2.75) is 26.2 Å². The van der Waals surface area contributed by atoms with Crippen molar-refractivity contribution in [2.24, 2.45) is 0 Å². The Morgan fingerprint density at radius 3 is 2.62 bits per heavy atom. The number of hydrogen-bond acceptors (Lipinski definition) is 7. The molecule has 3 aromatic carbocycles. The zero-order valence-electron chi connectivity index (χ0n) is 21.5. The van der Waals surface area contributed by atoms with Crippen LogP contribution in [0.1, 0.15) is 27.0 Å². The first-order chi connectivity index (χ1) is 18.9. The Balaban J connectivity index is 1.23. The second-order valence-electron chi connectivity index (χ2n) is 9.43. The van der Waals surface area contributed by atoms with Crippen LogP contribution in [0.5, 0.6) is 5.75 Å². The van der Waals surface area contributed by atoms with Gasteiger partial charge in [-0.1, -0.05) is 36.4 Å². The molecule has 0 spiro atoms. The molecule has 1 saturated heterocycles. The standard InChI is InChI=1S/C29H29N3O7/c1-19-13-23(27(34)31-11-12-37-25(16-31)17-33)7-10-26(19)22-4-2-3-21(14-22)18-38-24-8-5-20(6-9-24)15-32-28(35)30-29(36)39-32/h2-10,13-14,25,33H,11-12,15-18H2,1H3,(H,30,35,36). The van der Waals surface area contributed by atoms with Crippen molar-refractivity contribution in [1.29, 1.82) is 0 Å². The number of morpholine rings is 1. The number of aromatic nitrogens is 2. The molecule has 1 fully saturated rings. The van der Waals surface area contributed by atoms with Crippen molar-refractivity contribution in [2.75, 3.05) is 26.3 Å². The van der Waals surface area contributed by atoms with E-state index in [0.29, 0.717) is 37.6 Å². The lowest BCUT2D eigenvalue weighted by molar-refractivity contribution is -0.0447. The number of aliphatic hydroxyl groups excluding tert-OH is 1. The molecule has 10 heteroatoms. The molecule has 1 aliphatic heterocycles. The molecule has 10 nitrogen and oxygen atoms in total. The predicted octanol–water partition coefficient (Wildman–Crippen LogP) is 2.57. The average Bonchev–Trinajstić information content (AvgIpc) is 3.28. The molecule has 202 valence electrons. The van der Waals surface area contributed by atoms with Gasteiger partial charge in [-0.15, -0.1) is 4.74 Å². The Labute approximate surface area is 224 Å². The molecule has 1 aliphatic rings. The summed E-state index contributed by atoms with van der Waals surface area (Å²) in [6.07, 6.45) is -0.342. The summed E-state index contributed by atoms with van der Waals surface area (Å²) in [4.78, 5) is 39.5. The van der Waals surface area contributed by atoms with Gasteiger partial charge in [0.25, 0.3) is 5.91 Å². The van der Waals surface area contributed by atoms with Gasteiger partial charge in [-0.05, 0) is 65.1 Å². The number of rotatable bonds is 8. The quantitative estimate of drug-likeness (QED) is 0.358. The van der Waals surface area contributed by atoms with Gasteiger partial charge in [-0.2, -0.15) is 0 Å². The molecular formula is C29H29N3O7. The third-order valence-electron chi connectivity index (χ3n) is 6.62. The minimum atomic E-state index is -0.785. The van der Waals surface area contributed by atoms with E-state index >= 15 is 0 Å². The van der Waals surface area contributed by atoms with Crippen molar-refractivity contribution in [1.82, 2.24) is 14.6 Å². The molecule has 2 N–H and O–H groups in total. The van der Waals surface area contributed by atoms with E-state index < -0.39 is 11.4 Å². The average molecular weight is 532 g/mol. The highest BCUT2D eigenvalue weighted by molar-refractivity contribution is 5.95. The number of hydrogen-bond donors (Lipinski definition) is 2. The summed E-state index contributed by atoms with van der Waals surface area (Å²) in [6.45, 7) is 3.68. The number of amides is 1. The van der Waals surface area contributed by atoms with E-state index in [-0.39, 0.29) is 25.2 Å². The van der Waals surface area contributed by atoms with Crippen LogP contribution < -0.4 is 16.2 Å². The van der Waals surface area contributed by atoms with Crippen LogP contribution in [0.25, 0.3) is 11.1 Å². The van der Waals surface area contributed by atoms with Crippen LogP contribution in [-0.4, -0.2) is 58.0 Å². The number of aromatic amines is 1. The van der Waals surface area contributed by atoms with Gasteiger partial charge in [0.2, 0.25) is 0 Å². The van der Waals surface area contributed by atoms with Crippen molar-refractivity contribution >= 4 is 5.91 Å². The van der Waals surface area contributed by atoms with E-state index in [9.17, 15) is 19.5 Å². The van der Waals surface area contributed by atoms with E-state index in [4.69, 9.17) is 14.0 Å². The SMILES string of the molecule is Cc1cc(C(=O)N2CCOC(CO)C2)ccc1-c1cccc(COc2ccc(Cn3oc(=O)[nH]c3=O)cc2)c1. The van der Waals surface area contributed by atoms with Crippen molar-refractivity contribution < 1.29 is 23.9 Å². The highest BCUT2D eigenvalue weighted by atomic mass is 16.5. The summed E-state index contributed by atoms with van der Waals surface area (Å²) in [5.41, 5.74) is 4.83. The zero-order chi connectivity index (χ0) is 27.4. The molecule has 0 radical (unpaired) electrons. The molecule has 1 unspecified atom stereocenters. The van der Waals surface area contributed by atoms with Gasteiger partial charge in [0.05, 0.1) is 25.9 Å². The normalized spacial score (nSPS) is 15.3. The second-order valence-corrected chi connectivity index (χ2v) is 9.43. The Bertz CT molecular complexity index is 1570. The summed E-state index contributed by atoms with van der Waals surface area (Å²) >= 11 is 0. The molecule has 2 heterocycles. The summed E-state index contributed by atoms with van der Waals surface area (Å²) in [6, 6.07) is 21.0. The lowest BCUT2D eigenvalue weighted by atomic mass is 9.96. The molecule has 1 atom stereocenters. The number of nitrogens with one attached hydrogen (secondary N) is 1.